The highest BCUT2D eigenvalue weighted by Crippen LogP contribution is 2.35. The first-order chi connectivity index (χ1) is 17.9. The molecule has 1 aliphatic rings. The number of carbonyl (C=O) groups is 2. The zero-order chi connectivity index (χ0) is 26.4. The lowest BCUT2D eigenvalue weighted by molar-refractivity contribution is -0.122. The molecule has 0 spiro atoms. The van der Waals surface area contributed by atoms with E-state index < -0.39 is 0 Å². The fraction of sp³-hybridized carbons (Fsp3) is 0.276. The first kappa shape index (κ1) is 26.4. The zero-order valence-electron chi connectivity index (χ0n) is 21.6. The molecule has 37 heavy (non-hydrogen) atoms. The van der Waals surface area contributed by atoms with E-state index >= 15 is 0 Å². The Morgan fingerprint density at radius 1 is 1.08 bits per heavy atom. The molecule has 0 saturated carbocycles. The fourth-order valence-electron chi connectivity index (χ4n) is 4.23. The van der Waals surface area contributed by atoms with Gasteiger partial charge in [0.1, 0.15) is 0 Å². The van der Waals surface area contributed by atoms with Crippen LogP contribution < -0.4 is 0 Å². The molecule has 0 N–H and O–H groups in total. The number of esters is 1. The summed E-state index contributed by atoms with van der Waals surface area (Å²) in [5.41, 5.74) is 5.07. The summed E-state index contributed by atoms with van der Waals surface area (Å²) in [6.45, 7) is 7.23. The number of nitrogens with zero attached hydrogens (tertiary/aromatic N) is 3. The number of hydrogen-bond donors (Lipinski definition) is 0. The molecule has 0 aliphatic carbocycles. The van der Waals surface area contributed by atoms with E-state index in [4.69, 9.17) is 14.5 Å². The Labute approximate surface area is 221 Å². The number of amides is 1. The van der Waals surface area contributed by atoms with Crippen LogP contribution in [0.1, 0.15) is 40.7 Å². The summed E-state index contributed by atoms with van der Waals surface area (Å²) in [6.07, 6.45) is 2.65. The molecule has 1 fully saturated rings. The van der Waals surface area contributed by atoms with Crippen molar-refractivity contribution in [1.82, 2.24) is 9.47 Å². The molecular formula is C29H31N3O4S. The largest absolute Gasteiger partial charge is 0.462 e. The number of rotatable bonds is 9. The maximum Gasteiger partial charge on any atom is 0.338 e. The van der Waals surface area contributed by atoms with Gasteiger partial charge in [0.2, 0.25) is 0 Å². The summed E-state index contributed by atoms with van der Waals surface area (Å²) in [7, 11) is 1.66. The van der Waals surface area contributed by atoms with Crippen molar-refractivity contribution in [3.05, 3.63) is 88.1 Å². The Kier molecular flexibility index (Phi) is 8.63. The van der Waals surface area contributed by atoms with Crippen molar-refractivity contribution < 1.29 is 19.1 Å². The molecule has 2 heterocycles. The van der Waals surface area contributed by atoms with E-state index in [0.717, 1.165) is 34.7 Å². The van der Waals surface area contributed by atoms with Crippen molar-refractivity contribution in [2.45, 2.75) is 27.2 Å². The van der Waals surface area contributed by atoms with Crippen LogP contribution in [0.25, 0.3) is 11.8 Å². The third-order valence-electron chi connectivity index (χ3n) is 5.97. The van der Waals surface area contributed by atoms with E-state index in [1.807, 2.05) is 68.5 Å². The number of aliphatic imine (C=N–C) groups is 1. The molecule has 192 valence electrons. The average Bonchev–Trinajstić information content (AvgIpc) is 3.34. The number of amidine groups is 1. The van der Waals surface area contributed by atoms with Gasteiger partial charge < -0.3 is 14.0 Å². The molecule has 7 nitrogen and oxygen atoms in total. The first-order valence-corrected chi connectivity index (χ1v) is 13.0. The summed E-state index contributed by atoms with van der Waals surface area (Å²) < 4.78 is 12.4. The van der Waals surface area contributed by atoms with Gasteiger partial charge in [-0.25, -0.2) is 9.79 Å². The van der Waals surface area contributed by atoms with Crippen LogP contribution in [0.2, 0.25) is 0 Å². The van der Waals surface area contributed by atoms with Crippen molar-refractivity contribution in [1.29, 1.82) is 0 Å². The minimum Gasteiger partial charge on any atom is -0.462 e. The lowest BCUT2D eigenvalue weighted by Gasteiger charge is -2.15. The molecule has 0 atom stereocenters. The van der Waals surface area contributed by atoms with Crippen LogP contribution in [0.3, 0.4) is 0 Å². The van der Waals surface area contributed by atoms with Gasteiger partial charge in [0.05, 0.1) is 22.8 Å². The van der Waals surface area contributed by atoms with Crippen molar-refractivity contribution in [2.75, 3.05) is 26.9 Å². The maximum atomic E-state index is 13.4. The van der Waals surface area contributed by atoms with Crippen molar-refractivity contribution in [3.8, 4) is 5.69 Å². The molecule has 1 aromatic heterocycles. The predicted molar refractivity (Wildman–Crippen MR) is 149 cm³/mol. The molecule has 8 heteroatoms. The van der Waals surface area contributed by atoms with Crippen molar-refractivity contribution in [3.63, 3.8) is 0 Å². The molecule has 0 radical (unpaired) electrons. The summed E-state index contributed by atoms with van der Waals surface area (Å²) in [6, 6.07) is 19.1. The number of ether oxygens (including phenoxy) is 2. The van der Waals surface area contributed by atoms with Gasteiger partial charge in [0, 0.05) is 37.3 Å². The van der Waals surface area contributed by atoms with E-state index in [-0.39, 0.29) is 11.9 Å². The molecule has 1 saturated heterocycles. The second kappa shape index (κ2) is 12.1. The SMILES string of the molecule is CCOC(=O)c1cccc(-n2c(C)cc(/C=C3\SC(=Nc4ccccc4)N(CCCOC)C3=O)c2C)c1. The van der Waals surface area contributed by atoms with E-state index in [1.165, 1.54) is 11.8 Å². The predicted octanol–water partition coefficient (Wildman–Crippen LogP) is 5.91. The van der Waals surface area contributed by atoms with Crippen LogP contribution in [0.5, 0.6) is 0 Å². The lowest BCUT2D eigenvalue weighted by Crippen LogP contribution is -2.30. The van der Waals surface area contributed by atoms with Crippen LogP contribution in [-0.4, -0.2) is 53.4 Å². The third kappa shape index (κ3) is 6.03. The highest BCUT2D eigenvalue weighted by molar-refractivity contribution is 8.18. The van der Waals surface area contributed by atoms with Crippen molar-refractivity contribution in [2.24, 2.45) is 4.99 Å². The van der Waals surface area contributed by atoms with Crippen LogP contribution in [0.4, 0.5) is 5.69 Å². The second-order valence-electron chi connectivity index (χ2n) is 8.58. The Hall–Kier alpha value is -3.62. The summed E-state index contributed by atoms with van der Waals surface area (Å²) >= 11 is 1.38. The summed E-state index contributed by atoms with van der Waals surface area (Å²) in [5, 5.41) is 0.662. The van der Waals surface area contributed by atoms with E-state index in [9.17, 15) is 9.59 Å². The van der Waals surface area contributed by atoms with Gasteiger partial charge in [0.15, 0.2) is 5.17 Å². The van der Waals surface area contributed by atoms with Gasteiger partial charge >= 0.3 is 5.97 Å². The smallest absolute Gasteiger partial charge is 0.338 e. The summed E-state index contributed by atoms with van der Waals surface area (Å²) in [5.74, 6) is -0.411. The maximum absolute atomic E-state index is 13.4. The molecule has 0 unspecified atom stereocenters. The Bertz CT molecular complexity index is 1340. The standard InChI is InChI=1S/C29H31N3O4S/c1-5-36-28(34)22-11-9-14-25(18-22)32-20(2)17-23(21(32)3)19-26-27(33)31(15-10-16-35-4)29(37-26)30-24-12-7-6-8-13-24/h6-9,11-14,17-19H,5,10,15-16H2,1-4H3/b26-19-,30-29?. The first-order valence-electron chi connectivity index (χ1n) is 12.2. The van der Waals surface area contributed by atoms with Gasteiger partial charge in [-0.05, 0) is 87.0 Å². The van der Waals surface area contributed by atoms with E-state index in [1.54, 1.807) is 25.0 Å². The summed E-state index contributed by atoms with van der Waals surface area (Å²) in [4.78, 5) is 32.8. The zero-order valence-corrected chi connectivity index (χ0v) is 22.4. The molecule has 0 bridgehead atoms. The molecule has 1 amide bonds. The van der Waals surface area contributed by atoms with E-state index in [2.05, 4.69) is 10.6 Å². The monoisotopic (exact) mass is 517 g/mol. The molecule has 1 aliphatic heterocycles. The normalized spacial score (nSPS) is 15.7. The molecule has 3 aromatic rings. The second-order valence-corrected chi connectivity index (χ2v) is 9.59. The number of methoxy groups -OCH3 is 1. The van der Waals surface area contributed by atoms with Gasteiger partial charge in [0.25, 0.3) is 5.91 Å². The van der Waals surface area contributed by atoms with Gasteiger partial charge in [-0.2, -0.15) is 0 Å². The van der Waals surface area contributed by atoms with Crippen LogP contribution in [0.15, 0.2) is 70.6 Å². The van der Waals surface area contributed by atoms with Gasteiger partial charge in [-0.1, -0.05) is 24.3 Å². The minimum absolute atomic E-state index is 0.0649. The molecule has 4 rings (SSSR count). The molecular weight excluding hydrogens is 486 g/mol. The Balaban J connectivity index is 1.67. The lowest BCUT2D eigenvalue weighted by atomic mass is 10.2. The number of carbonyl (C=O) groups excluding carboxylic acids is 2. The number of hydrogen-bond acceptors (Lipinski definition) is 6. The van der Waals surface area contributed by atoms with Gasteiger partial charge in [-0.3, -0.25) is 9.69 Å². The average molecular weight is 518 g/mol. The quantitative estimate of drug-likeness (QED) is 0.200. The van der Waals surface area contributed by atoms with Crippen LogP contribution in [0, 0.1) is 13.8 Å². The van der Waals surface area contributed by atoms with Crippen LogP contribution >= 0.6 is 11.8 Å². The number of aromatic nitrogens is 1. The third-order valence-corrected chi connectivity index (χ3v) is 6.98. The number of aryl methyl sites for hydroxylation is 1. The number of para-hydroxylation sites is 1. The Morgan fingerprint density at radius 2 is 1.86 bits per heavy atom. The van der Waals surface area contributed by atoms with E-state index in [0.29, 0.717) is 35.4 Å². The van der Waals surface area contributed by atoms with Crippen molar-refractivity contribution >= 4 is 40.6 Å². The topological polar surface area (TPSA) is 73.1 Å². The minimum atomic E-state index is -0.346. The fourth-order valence-corrected chi connectivity index (χ4v) is 5.24. The highest BCUT2D eigenvalue weighted by atomic mass is 32.2. The Morgan fingerprint density at radius 3 is 2.59 bits per heavy atom. The van der Waals surface area contributed by atoms with Crippen LogP contribution in [-0.2, 0) is 14.3 Å². The molecule has 2 aromatic carbocycles. The highest BCUT2D eigenvalue weighted by Gasteiger charge is 2.33. The number of benzene rings is 2. The number of thioether (sulfide) groups is 1. The van der Waals surface area contributed by atoms with Gasteiger partial charge in [-0.15, -0.1) is 0 Å².